The van der Waals surface area contributed by atoms with Crippen LogP contribution in [0.2, 0.25) is 0 Å². The average Bonchev–Trinajstić information content (AvgIpc) is 2.84. The zero-order valence-corrected chi connectivity index (χ0v) is 13.3. The average molecular weight is 300 g/mol. The van der Waals surface area contributed by atoms with E-state index >= 15 is 0 Å². The van der Waals surface area contributed by atoms with Gasteiger partial charge in [-0.15, -0.1) is 0 Å². The molecule has 0 spiro atoms. The van der Waals surface area contributed by atoms with Gasteiger partial charge < -0.3 is 9.84 Å². The van der Waals surface area contributed by atoms with E-state index in [1.807, 2.05) is 13.0 Å². The molecule has 3 aliphatic carbocycles. The number of benzene rings is 1. The molecule has 0 saturated heterocycles. The van der Waals surface area contributed by atoms with E-state index in [1.165, 1.54) is 11.1 Å². The number of hydrogen-bond acceptors (Lipinski definition) is 3. The quantitative estimate of drug-likeness (QED) is 0.867. The third kappa shape index (κ3) is 1.75. The van der Waals surface area contributed by atoms with Gasteiger partial charge in [-0.25, -0.2) is 0 Å². The van der Waals surface area contributed by atoms with E-state index < -0.39 is 11.5 Å². The number of aliphatic hydroxyl groups is 1. The molecule has 1 aromatic rings. The Bertz CT molecular complexity index is 623. The molecule has 1 aromatic carbocycles. The molecule has 118 valence electrons. The van der Waals surface area contributed by atoms with Crippen molar-refractivity contribution >= 4 is 5.78 Å². The Morgan fingerprint density at radius 1 is 1.27 bits per heavy atom. The van der Waals surface area contributed by atoms with E-state index in [0.717, 1.165) is 31.4 Å². The lowest BCUT2D eigenvalue weighted by Crippen LogP contribution is -2.51. The maximum absolute atomic E-state index is 12.4. The van der Waals surface area contributed by atoms with E-state index in [2.05, 4.69) is 12.1 Å². The highest BCUT2D eigenvalue weighted by Gasteiger charge is 2.59. The second-order valence-corrected chi connectivity index (χ2v) is 7.48. The largest absolute Gasteiger partial charge is 0.497 e. The van der Waals surface area contributed by atoms with Gasteiger partial charge in [-0.1, -0.05) is 6.07 Å². The van der Waals surface area contributed by atoms with Gasteiger partial charge in [0.25, 0.3) is 0 Å². The number of aryl methyl sites for hydroxylation is 1. The van der Waals surface area contributed by atoms with Gasteiger partial charge in [0.2, 0.25) is 0 Å². The topological polar surface area (TPSA) is 46.5 Å². The van der Waals surface area contributed by atoms with Gasteiger partial charge in [0.15, 0.2) is 0 Å². The van der Waals surface area contributed by atoms with Crippen LogP contribution in [-0.4, -0.2) is 24.1 Å². The minimum Gasteiger partial charge on any atom is -0.497 e. The van der Waals surface area contributed by atoms with Gasteiger partial charge in [-0.2, -0.15) is 0 Å². The van der Waals surface area contributed by atoms with Gasteiger partial charge in [-0.05, 0) is 73.6 Å². The Balaban J connectivity index is 1.74. The van der Waals surface area contributed by atoms with Gasteiger partial charge in [-0.3, -0.25) is 4.79 Å². The van der Waals surface area contributed by atoms with Crippen LogP contribution in [0.5, 0.6) is 5.75 Å². The van der Waals surface area contributed by atoms with Crippen molar-refractivity contribution in [2.24, 2.45) is 17.3 Å². The fraction of sp³-hybridized carbons (Fsp3) is 0.632. The lowest BCUT2D eigenvalue weighted by molar-refractivity contribution is -0.140. The monoisotopic (exact) mass is 300 g/mol. The first-order valence-corrected chi connectivity index (χ1v) is 8.44. The maximum Gasteiger partial charge on any atom is 0.141 e. The first kappa shape index (κ1) is 14.3. The molecule has 0 aliphatic heterocycles. The summed E-state index contributed by atoms with van der Waals surface area (Å²) in [6.07, 6.45) is 4.02. The number of Topliss-reactive ketones (excluding diaryl/α,β-unsaturated/α-hetero) is 1. The second kappa shape index (κ2) is 4.82. The minimum atomic E-state index is -0.498. The third-order valence-corrected chi connectivity index (χ3v) is 6.75. The van der Waals surface area contributed by atoms with Crippen LogP contribution in [0.25, 0.3) is 0 Å². The number of carbonyl (C=O) groups excluding carboxylic acids is 1. The van der Waals surface area contributed by atoms with E-state index in [1.54, 1.807) is 7.11 Å². The molecular formula is C19H24O3. The number of rotatable bonds is 1. The summed E-state index contributed by atoms with van der Waals surface area (Å²) in [6, 6.07) is 6.35. The first-order valence-electron chi connectivity index (χ1n) is 8.44. The summed E-state index contributed by atoms with van der Waals surface area (Å²) in [6.45, 7) is 2.01. The zero-order chi connectivity index (χ0) is 15.5. The number of aliphatic hydroxyl groups excluding tert-OH is 1. The highest BCUT2D eigenvalue weighted by Crippen LogP contribution is 2.59. The Hall–Kier alpha value is -1.35. The highest BCUT2D eigenvalue weighted by atomic mass is 16.5. The molecular weight excluding hydrogens is 276 g/mol. The lowest BCUT2D eigenvalue weighted by Gasteiger charge is -2.50. The van der Waals surface area contributed by atoms with Crippen LogP contribution in [0.4, 0.5) is 0 Å². The Labute approximate surface area is 131 Å². The van der Waals surface area contributed by atoms with Crippen LogP contribution < -0.4 is 4.74 Å². The summed E-state index contributed by atoms with van der Waals surface area (Å²) < 4.78 is 5.34. The molecule has 22 heavy (non-hydrogen) atoms. The molecule has 2 fully saturated rings. The first-order chi connectivity index (χ1) is 10.6. The van der Waals surface area contributed by atoms with Crippen LogP contribution in [-0.2, 0) is 11.2 Å². The second-order valence-electron chi connectivity index (χ2n) is 7.48. The Kier molecular flexibility index (Phi) is 3.12. The summed E-state index contributed by atoms with van der Waals surface area (Å²) in [5.74, 6) is 2.48. The van der Waals surface area contributed by atoms with Crippen LogP contribution in [0.1, 0.15) is 49.7 Å². The minimum absolute atomic E-state index is 0.281. The number of hydrogen-bond donors (Lipinski definition) is 1. The number of carbonyl (C=O) groups is 1. The molecule has 0 amide bonds. The molecule has 4 rings (SSSR count). The van der Waals surface area contributed by atoms with Crippen molar-refractivity contribution in [1.29, 1.82) is 0 Å². The van der Waals surface area contributed by atoms with E-state index in [-0.39, 0.29) is 5.78 Å². The Morgan fingerprint density at radius 2 is 2.09 bits per heavy atom. The van der Waals surface area contributed by atoms with Crippen LogP contribution in [0, 0.1) is 17.3 Å². The molecule has 0 heterocycles. The molecule has 0 bridgehead atoms. The van der Waals surface area contributed by atoms with Crippen molar-refractivity contribution in [3.05, 3.63) is 29.3 Å². The van der Waals surface area contributed by atoms with Gasteiger partial charge in [0.1, 0.15) is 11.5 Å². The standard InChI is InChI=1S/C19H24O3/c1-19-16(7-8-17(19)20)14-5-3-11-9-12(22-2)4-6-13(11)15(14)10-18(19)21/h4,6,9,14-16,18,21H,3,5,7-8,10H2,1-2H3/t14-,15-,16+,18-,19+/m1/s1. The summed E-state index contributed by atoms with van der Waals surface area (Å²) in [5, 5.41) is 10.7. The van der Waals surface area contributed by atoms with E-state index in [4.69, 9.17) is 4.74 Å². The lowest BCUT2D eigenvalue weighted by atomic mass is 9.54. The number of ketones is 1. The molecule has 3 nitrogen and oxygen atoms in total. The normalized spacial score (nSPS) is 39.9. The van der Waals surface area contributed by atoms with Crippen molar-refractivity contribution in [3.63, 3.8) is 0 Å². The molecule has 0 aromatic heterocycles. The van der Waals surface area contributed by atoms with Gasteiger partial charge in [0, 0.05) is 6.42 Å². The summed E-state index contributed by atoms with van der Waals surface area (Å²) in [4.78, 5) is 12.4. The van der Waals surface area contributed by atoms with E-state index in [0.29, 0.717) is 24.2 Å². The molecule has 5 atom stereocenters. The van der Waals surface area contributed by atoms with Crippen molar-refractivity contribution in [1.82, 2.24) is 0 Å². The molecule has 1 N–H and O–H groups in total. The SMILES string of the molecule is COc1ccc2c(c1)CC[C@@H]1[C@@H]2C[C@@H](O)[C@]2(C)C(=O)CC[C@@H]12. The smallest absolute Gasteiger partial charge is 0.141 e. The number of fused-ring (bicyclic) bond motifs is 5. The Morgan fingerprint density at radius 3 is 2.86 bits per heavy atom. The van der Waals surface area contributed by atoms with Crippen molar-refractivity contribution in [3.8, 4) is 5.75 Å². The highest BCUT2D eigenvalue weighted by molar-refractivity contribution is 5.88. The molecule has 3 heteroatoms. The number of methoxy groups -OCH3 is 1. The van der Waals surface area contributed by atoms with Gasteiger partial charge >= 0.3 is 0 Å². The predicted molar refractivity (Wildman–Crippen MR) is 84.0 cm³/mol. The molecule has 0 unspecified atom stereocenters. The van der Waals surface area contributed by atoms with E-state index in [9.17, 15) is 9.90 Å². The van der Waals surface area contributed by atoms with Crippen molar-refractivity contribution in [2.75, 3.05) is 7.11 Å². The summed E-state index contributed by atoms with van der Waals surface area (Å²) in [7, 11) is 1.70. The molecule has 0 radical (unpaired) electrons. The third-order valence-electron chi connectivity index (χ3n) is 6.75. The van der Waals surface area contributed by atoms with Gasteiger partial charge in [0.05, 0.1) is 18.6 Å². The van der Waals surface area contributed by atoms with Crippen molar-refractivity contribution < 1.29 is 14.6 Å². The van der Waals surface area contributed by atoms with Crippen LogP contribution >= 0.6 is 0 Å². The zero-order valence-electron chi connectivity index (χ0n) is 13.3. The van der Waals surface area contributed by atoms with Crippen LogP contribution in [0.15, 0.2) is 18.2 Å². The van der Waals surface area contributed by atoms with Crippen molar-refractivity contribution in [2.45, 2.75) is 51.0 Å². The maximum atomic E-state index is 12.4. The molecule has 2 saturated carbocycles. The fourth-order valence-electron chi connectivity index (χ4n) is 5.46. The fourth-order valence-corrected chi connectivity index (χ4v) is 5.46. The number of ether oxygens (including phenoxy) is 1. The van der Waals surface area contributed by atoms with Crippen LogP contribution in [0.3, 0.4) is 0 Å². The molecule has 3 aliphatic rings. The predicted octanol–water partition coefficient (Wildman–Crippen LogP) is 3.09. The summed E-state index contributed by atoms with van der Waals surface area (Å²) in [5.41, 5.74) is 2.24. The summed E-state index contributed by atoms with van der Waals surface area (Å²) >= 11 is 0.